The van der Waals surface area contributed by atoms with Crippen LogP contribution in [0.1, 0.15) is 61.0 Å². The predicted octanol–water partition coefficient (Wildman–Crippen LogP) is 5.60. The third-order valence-electron chi connectivity index (χ3n) is 7.49. The Morgan fingerprint density at radius 3 is 2.34 bits per heavy atom. The van der Waals surface area contributed by atoms with Crippen LogP contribution in [0.3, 0.4) is 0 Å². The first-order valence-electron chi connectivity index (χ1n) is 13.2. The number of hydrogen-bond acceptors (Lipinski definition) is 6. The van der Waals surface area contributed by atoms with E-state index in [1.54, 1.807) is 44.2 Å². The molecule has 8 heteroatoms. The number of sulfone groups is 1. The standard InChI is InChI=1S/C30H33N4O3S/c1-4-34-17-14-22(15-18-34)21-5-9-25(10-6-21)32-29-28-24(13-16-31-30(28)35)19-27(33-29)23-7-11-26(12-8-23)38(36,37)20(2)3/h5-13,16,19-20,22H,4,14-15,17-18H2,1-3H3,(H,32,33). The lowest BCUT2D eigenvalue weighted by molar-refractivity contribution is 0.0965. The second-order valence-corrected chi connectivity index (χ2v) is 12.6. The predicted molar refractivity (Wildman–Crippen MR) is 151 cm³/mol. The third-order valence-corrected chi connectivity index (χ3v) is 9.66. The van der Waals surface area contributed by atoms with Gasteiger partial charge in [0.05, 0.1) is 21.4 Å². The van der Waals surface area contributed by atoms with E-state index in [1.165, 1.54) is 11.8 Å². The van der Waals surface area contributed by atoms with Crippen molar-refractivity contribution in [3.63, 3.8) is 0 Å². The highest BCUT2D eigenvalue weighted by molar-refractivity contribution is 7.92. The number of nitrogens with zero attached hydrogens (tertiary/aromatic N) is 3. The van der Waals surface area contributed by atoms with Gasteiger partial charge >= 0.3 is 0 Å². The van der Waals surface area contributed by atoms with Crippen molar-refractivity contribution in [3.8, 4) is 11.3 Å². The zero-order valence-corrected chi connectivity index (χ0v) is 22.8. The summed E-state index contributed by atoms with van der Waals surface area (Å²) in [5, 5.41) is 6.79. The van der Waals surface area contributed by atoms with Gasteiger partial charge in [-0.25, -0.2) is 18.7 Å². The monoisotopic (exact) mass is 529 g/mol. The van der Waals surface area contributed by atoms with Crippen molar-refractivity contribution >= 4 is 33.3 Å². The topological polar surface area (TPSA) is 93.5 Å². The van der Waals surface area contributed by atoms with Gasteiger partial charge in [0.2, 0.25) is 0 Å². The summed E-state index contributed by atoms with van der Waals surface area (Å²) in [4.78, 5) is 20.3. The normalized spacial score (nSPS) is 16.4. The average Bonchev–Trinajstić information content (AvgIpc) is 2.93. The number of carbonyl (C=O) groups is 1. The highest BCUT2D eigenvalue weighted by atomic mass is 32.2. The van der Waals surface area contributed by atoms with E-state index < -0.39 is 15.1 Å². The van der Waals surface area contributed by atoms with Crippen molar-refractivity contribution in [1.82, 2.24) is 15.2 Å². The number of piperidine rings is 1. The van der Waals surface area contributed by atoms with Gasteiger partial charge in [-0.2, -0.15) is 0 Å². The Balaban J connectivity index is 1.43. The number of pyridine rings is 1. The summed E-state index contributed by atoms with van der Waals surface area (Å²) in [6.45, 7) is 8.92. The summed E-state index contributed by atoms with van der Waals surface area (Å²) in [6, 6.07) is 17.0. The Labute approximate surface area is 224 Å². The van der Waals surface area contributed by atoms with Gasteiger partial charge in [-0.05, 0) is 99.8 Å². The molecule has 1 fully saturated rings. The fourth-order valence-corrected chi connectivity index (χ4v) is 6.11. The van der Waals surface area contributed by atoms with E-state index in [-0.39, 0.29) is 10.8 Å². The first-order valence-corrected chi connectivity index (χ1v) is 14.7. The van der Waals surface area contributed by atoms with Crippen LogP contribution in [-0.4, -0.2) is 49.1 Å². The molecule has 0 atom stereocenters. The van der Waals surface area contributed by atoms with Gasteiger partial charge in [-0.3, -0.25) is 4.79 Å². The van der Waals surface area contributed by atoms with Crippen LogP contribution in [0, 0.1) is 0 Å². The van der Waals surface area contributed by atoms with Crippen molar-refractivity contribution in [2.45, 2.75) is 49.7 Å². The Hall–Kier alpha value is -3.49. The molecule has 1 amide bonds. The maximum absolute atomic E-state index is 12.7. The summed E-state index contributed by atoms with van der Waals surface area (Å²) in [5.74, 6) is 0.647. The Bertz CT molecular complexity index is 1450. The number of amides is 1. The highest BCUT2D eigenvalue weighted by Crippen LogP contribution is 2.33. The van der Waals surface area contributed by atoms with Gasteiger partial charge < -0.3 is 10.2 Å². The van der Waals surface area contributed by atoms with Crippen molar-refractivity contribution in [2.75, 3.05) is 25.0 Å². The lowest BCUT2D eigenvalue weighted by atomic mass is 9.89. The molecule has 2 aliphatic heterocycles. The van der Waals surface area contributed by atoms with Gasteiger partial charge in [-0.1, -0.05) is 31.2 Å². The van der Waals surface area contributed by atoms with Gasteiger partial charge in [-0.15, -0.1) is 0 Å². The molecule has 7 nitrogen and oxygen atoms in total. The molecule has 1 N–H and O–H groups in total. The SMILES string of the molecule is CCN1CCC(c2ccc(Nc3nc(-c4ccc(S(=O)(=O)C(C)C)cc4)cc4c3C(=O)[N]C=C4)cc2)CC1. The minimum Gasteiger partial charge on any atom is -0.340 e. The molecule has 197 valence electrons. The van der Waals surface area contributed by atoms with Crippen LogP contribution in [-0.2, 0) is 9.84 Å². The molecule has 1 saturated heterocycles. The minimum atomic E-state index is -3.37. The van der Waals surface area contributed by atoms with Crippen LogP contribution in [0.5, 0.6) is 0 Å². The Morgan fingerprint density at radius 2 is 1.71 bits per heavy atom. The lowest BCUT2D eigenvalue weighted by Crippen LogP contribution is -2.32. The number of nitrogens with one attached hydrogen (secondary N) is 1. The van der Waals surface area contributed by atoms with Gasteiger partial charge in [0.25, 0.3) is 5.91 Å². The maximum Gasteiger partial charge on any atom is 0.281 e. The van der Waals surface area contributed by atoms with Crippen LogP contribution < -0.4 is 10.6 Å². The smallest absolute Gasteiger partial charge is 0.281 e. The van der Waals surface area contributed by atoms with E-state index in [0.717, 1.165) is 49.3 Å². The number of anilines is 2. The number of carbonyl (C=O) groups excluding carboxylic acids is 1. The molecule has 3 heterocycles. The molecule has 0 spiro atoms. The van der Waals surface area contributed by atoms with Gasteiger partial charge in [0, 0.05) is 17.5 Å². The number of likely N-dealkylation sites (tertiary alicyclic amines) is 1. The molecular weight excluding hydrogens is 496 g/mol. The van der Waals surface area contributed by atoms with E-state index in [4.69, 9.17) is 4.98 Å². The van der Waals surface area contributed by atoms with E-state index in [1.807, 2.05) is 18.2 Å². The number of fused-ring (bicyclic) bond motifs is 1. The zero-order valence-electron chi connectivity index (χ0n) is 22.0. The first-order chi connectivity index (χ1) is 18.3. The average molecular weight is 530 g/mol. The second-order valence-electron chi connectivity index (χ2n) is 10.1. The Morgan fingerprint density at radius 1 is 1.03 bits per heavy atom. The number of aromatic nitrogens is 1. The Kier molecular flexibility index (Phi) is 7.36. The van der Waals surface area contributed by atoms with Crippen LogP contribution in [0.15, 0.2) is 65.7 Å². The quantitative estimate of drug-likeness (QED) is 0.428. The summed E-state index contributed by atoms with van der Waals surface area (Å²) in [7, 11) is -3.37. The van der Waals surface area contributed by atoms with E-state index in [2.05, 4.69) is 34.6 Å². The van der Waals surface area contributed by atoms with Crippen molar-refractivity contribution in [3.05, 3.63) is 77.5 Å². The lowest BCUT2D eigenvalue weighted by Gasteiger charge is -2.31. The van der Waals surface area contributed by atoms with Crippen LogP contribution in [0.25, 0.3) is 17.3 Å². The summed E-state index contributed by atoms with van der Waals surface area (Å²) in [5.41, 5.74) is 4.71. The number of rotatable bonds is 7. The summed E-state index contributed by atoms with van der Waals surface area (Å²) in [6.07, 6.45) is 5.61. The molecule has 1 aromatic heterocycles. The fourth-order valence-electron chi connectivity index (χ4n) is 5.05. The van der Waals surface area contributed by atoms with E-state index in [0.29, 0.717) is 23.0 Å². The molecule has 0 aliphatic carbocycles. The molecular formula is C30H33N4O3S. The molecule has 0 unspecified atom stereocenters. The molecule has 0 bridgehead atoms. The largest absolute Gasteiger partial charge is 0.340 e. The van der Waals surface area contributed by atoms with E-state index >= 15 is 0 Å². The fraction of sp³-hybridized carbons (Fsp3) is 0.333. The highest BCUT2D eigenvalue weighted by Gasteiger charge is 2.24. The number of benzene rings is 2. The first kappa shape index (κ1) is 26.1. The van der Waals surface area contributed by atoms with E-state index in [9.17, 15) is 13.2 Å². The third kappa shape index (κ3) is 5.24. The van der Waals surface area contributed by atoms with Crippen LogP contribution in [0.4, 0.5) is 11.5 Å². The molecule has 2 aromatic carbocycles. The van der Waals surface area contributed by atoms with Gasteiger partial charge in [0.15, 0.2) is 9.84 Å². The summed E-state index contributed by atoms with van der Waals surface area (Å²) < 4.78 is 25.1. The van der Waals surface area contributed by atoms with Crippen molar-refractivity contribution < 1.29 is 13.2 Å². The van der Waals surface area contributed by atoms with Crippen LogP contribution >= 0.6 is 0 Å². The zero-order chi connectivity index (χ0) is 26.9. The number of hydrogen-bond donors (Lipinski definition) is 1. The molecule has 38 heavy (non-hydrogen) atoms. The molecule has 1 radical (unpaired) electrons. The second kappa shape index (κ2) is 10.7. The maximum atomic E-state index is 12.7. The van der Waals surface area contributed by atoms with Crippen molar-refractivity contribution in [1.29, 1.82) is 0 Å². The minimum absolute atomic E-state index is 0.280. The summed E-state index contributed by atoms with van der Waals surface area (Å²) >= 11 is 0. The molecule has 2 aliphatic rings. The molecule has 0 saturated carbocycles. The van der Waals surface area contributed by atoms with Crippen LogP contribution in [0.2, 0.25) is 0 Å². The van der Waals surface area contributed by atoms with Crippen molar-refractivity contribution in [2.24, 2.45) is 0 Å². The molecule has 3 aromatic rings. The molecule has 5 rings (SSSR count). The van der Waals surface area contributed by atoms with Gasteiger partial charge in [0.1, 0.15) is 5.82 Å².